The zero-order valence-corrected chi connectivity index (χ0v) is 15.6. The molecule has 0 spiro atoms. The van der Waals surface area contributed by atoms with Crippen molar-refractivity contribution in [3.05, 3.63) is 59.1 Å². The summed E-state index contributed by atoms with van der Waals surface area (Å²) in [6, 6.07) is 13.8. The molecule has 134 valence electrons. The average molecular weight is 389 g/mol. The molecular weight excluding hydrogens is 372 g/mol. The number of aromatic nitrogens is 1. The van der Waals surface area contributed by atoms with Crippen LogP contribution in [0.5, 0.6) is 0 Å². The summed E-state index contributed by atoms with van der Waals surface area (Å²) < 4.78 is 31.9. The topological polar surface area (TPSA) is 72.2 Å². The van der Waals surface area contributed by atoms with E-state index in [1.807, 2.05) is 31.2 Å². The highest BCUT2D eigenvalue weighted by atomic mass is 35.5. The van der Waals surface area contributed by atoms with Gasteiger partial charge in [-0.2, -0.15) is 4.98 Å². The van der Waals surface area contributed by atoms with Gasteiger partial charge in [0, 0.05) is 16.6 Å². The van der Waals surface area contributed by atoms with Crippen LogP contribution in [0.4, 0.5) is 5.88 Å². The van der Waals surface area contributed by atoms with Crippen LogP contribution >= 0.6 is 11.6 Å². The molecule has 7 heteroatoms. The van der Waals surface area contributed by atoms with Gasteiger partial charge in [-0.05, 0) is 56.2 Å². The average Bonchev–Trinajstić information content (AvgIpc) is 3.32. The van der Waals surface area contributed by atoms with E-state index in [1.54, 1.807) is 12.1 Å². The minimum Gasteiger partial charge on any atom is -0.419 e. The van der Waals surface area contributed by atoms with Gasteiger partial charge < -0.3 is 9.73 Å². The first-order valence-electron chi connectivity index (χ1n) is 8.28. The van der Waals surface area contributed by atoms with Crippen molar-refractivity contribution in [1.29, 1.82) is 0 Å². The van der Waals surface area contributed by atoms with Crippen LogP contribution in [0.2, 0.25) is 5.02 Å². The summed E-state index contributed by atoms with van der Waals surface area (Å²) in [4.78, 5) is 4.44. The minimum absolute atomic E-state index is 0.0951. The molecule has 1 N–H and O–H groups in total. The van der Waals surface area contributed by atoms with Crippen molar-refractivity contribution in [2.45, 2.75) is 35.7 Å². The van der Waals surface area contributed by atoms with Crippen LogP contribution < -0.4 is 5.32 Å². The number of nitrogens with zero attached hydrogens (tertiary/aromatic N) is 1. The quantitative estimate of drug-likeness (QED) is 0.685. The van der Waals surface area contributed by atoms with Gasteiger partial charge in [0.1, 0.15) is 0 Å². The van der Waals surface area contributed by atoms with Gasteiger partial charge in [-0.3, -0.25) is 0 Å². The highest BCUT2D eigenvalue weighted by Crippen LogP contribution is 2.35. The number of rotatable bonds is 5. The summed E-state index contributed by atoms with van der Waals surface area (Å²) in [7, 11) is -3.83. The molecule has 0 aliphatic heterocycles. The second kappa shape index (κ2) is 6.45. The summed E-state index contributed by atoms with van der Waals surface area (Å²) in [5, 5.41) is 3.52. The van der Waals surface area contributed by atoms with Crippen molar-refractivity contribution in [2.75, 3.05) is 5.32 Å². The van der Waals surface area contributed by atoms with E-state index in [1.165, 1.54) is 12.1 Å². The predicted molar refractivity (Wildman–Crippen MR) is 100 cm³/mol. The molecule has 1 aromatic heterocycles. The number of hydrogen-bond acceptors (Lipinski definition) is 5. The Hall–Kier alpha value is -2.31. The Morgan fingerprint density at radius 2 is 1.73 bits per heavy atom. The van der Waals surface area contributed by atoms with Crippen molar-refractivity contribution in [2.24, 2.45) is 0 Å². The highest BCUT2D eigenvalue weighted by molar-refractivity contribution is 7.91. The van der Waals surface area contributed by atoms with Crippen LogP contribution in [-0.2, 0) is 9.84 Å². The molecule has 4 rings (SSSR count). The first kappa shape index (κ1) is 17.1. The third-order valence-electron chi connectivity index (χ3n) is 4.19. The minimum atomic E-state index is -3.83. The lowest BCUT2D eigenvalue weighted by molar-refractivity contribution is 0.576. The second-order valence-electron chi connectivity index (χ2n) is 6.40. The molecule has 1 saturated carbocycles. The monoisotopic (exact) mass is 388 g/mol. The molecule has 3 aromatic rings. The molecule has 0 saturated heterocycles. The van der Waals surface area contributed by atoms with Crippen LogP contribution in [0, 0.1) is 6.92 Å². The second-order valence-corrected chi connectivity index (χ2v) is 8.70. The number of sulfone groups is 1. The highest BCUT2D eigenvalue weighted by Gasteiger charge is 2.32. The molecule has 0 radical (unpaired) electrons. The van der Waals surface area contributed by atoms with Crippen molar-refractivity contribution in [1.82, 2.24) is 4.98 Å². The number of benzene rings is 2. The van der Waals surface area contributed by atoms with E-state index in [-0.39, 0.29) is 27.7 Å². The van der Waals surface area contributed by atoms with Crippen LogP contribution in [0.1, 0.15) is 18.4 Å². The Bertz CT molecular complexity index is 1040. The molecule has 1 heterocycles. The maximum absolute atomic E-state index is 13.1. The largest absolute Gasteiger partial charge is 0.419 e. The Morgan fingerprint density at radius 3 is 2.35 bits per heavy atom. The number of oxazole rings is 1. The van der Waals surface area contributed by atoms with Gasteiger partial charge in [-0.15, -0.1) is 0 Å². The van der Waals surface area contributed by atoms with Gasteiger partial charge in [-0.25, -0.2) is 8.42 Å². The van der Waals surface area contributed by atoms with Gasteiger partial charge in [0.05, 0.1) is 4.90 Å². The van der Waals surface area contributed by atoms with Gasteiger partial charge >= 0.3 is 0 Å². The fraction of sp³-hybridized carbons (Fsp3) is 0.211. The summed E-state index contributed by atoms with van der Waals surface area (Å²) in [5.74, 6) is 0.471. The third-order valence-corrected chi connectivity index (χ3v) is 6.12. The lowest BCUT2D eigenvalue weighted by Crippen LogP contribution is -2.08. The van der Waals surface area contributed by atoms with E-state index >= 15 is 0 Å². The third kappa shape index (κ3) is 3.34. The number of nitrogens with one attached hydrogen (secondary N) is 1. The number of hydrogen-bond donors (Lipinski definition) is 1. The molecule has 1 aliphatic carbocycles. The molecule has 1 aliphatic rings. The summed E-state index contributed by atoms with van der Waals surface area (Å²) in [5.41, 5.74) is 1.83. The van der Waals surface area contributed by atoms with Crippen LogP contribution in [0.25, 0.3) is 11.5 Å². The lowest BCUT2D eigenvalue weighted by Gasteiger charge is -2.04. The van der Waals surface area contributed by atoms with E-state index in [2.05, 4.69) is 10.3 Å². The fourth-order valence-corrected chi connectivity index (χ4v) is 3.93. The van der Waals surface area contributed by atoms with E-state index in [0.29, 0.717) is 5.02 Å². The van der Waals surface area contributed by atoms with Crippen LogP contribution in [0.3, 0.4) is 0 Å². The number of aryl methyl sites for hydroxylation is 1. The summed E-state index contributed by atoms with van der Waals surface area (Å²) in [6.07, 6.45) is 1.97. The standard InChI is InChI=1S/C19H17ClN2O3S/c1-12-2-4-13(5-3-12)17-22-19(18(25-17)21-15-8-9-15)26(23,24)16-10-6-14(20)7-11-16/h2-7,10-11,15,21H,8-9H2,1H3. The molecule has 5 nitrogen and oxygen atoms in total. The fourth-order valence-electron chi connectivity index (χ4n) is 2.54. The molecule has 0 atom stereocenters. The Kier molecular flexibility index (Phi) is 4.25. The molecule has 0 amide bonds. The van der Waals surface area contributed by atoms with E-state index in [0.717, 1.165) is 24.0 Å². The van der Waals surface area contributed by atoms with Crippen molar-refractivity contribution >= 4 is 27.3 Å². The van der Waals surface area contributed by atoms with Crippen molar-refractivity contribution in [3.8, 4) is 11.5 Å². The molecule has 2 aromatic carbocycles. The van der Waals surface area contributed by atoms with E-state index in [4.69, 9.17) is 16.0 Å². The predicted octanol–water partition coefficient (Wildman–Crippen LogP) is 4.71. The van der Waals surface area contributed by atoms with Gasteiger partial charge in [-0.1, -0.05) is 29.3 Å². The molecule has 1 fully saturated rings. The molecular formula is C19H17ClN2O3S. The zero-order valence-electron chi connectivity index (χ0n) is 14.1. The van der Waals surface area contributed by atoms with E-state index in [9.17, 15) is 8.42 Å². The van der Waals surface area contributed by atoms with Crippen LogP contribution in [-0.4, -0.2) is 19.4 Å². The van der Waals surface area contributed by atoms with Gasteiger partial charge in [0.25, 0.3) is 0 Å². The molecule has 0 unspecified atom stereocenters. The first-order chi connectivity index (χ1) is 12.4. The Morgan fingerprint density at radius 1 is 1.08 bits per heavy atom. The van der Waals surface area contributed by atoms with Crippen molar-refractivity contribution < 1.29 is 12.8 Å². The summed E-state index contributed by atoms with van der Waals surface area (Å²) >= 11 is 5.87. The number of halogens is 1. The van der Waals surface area contributed by atoms with Gasteiger partial charge in [0.15, 0.2) is 0 Å². The summed E-state index contributed by atoms with van der Waals surface area (Å²) in [6.45, 7) is 1.98. The maximum Gasteiger partial charge on any atom is 0.234 e. The molecule has 26 heavy (non-hydrogen) atoms. The normalized spacial score (nSPS) is 14.4. The van der Waals surface area contributed by atoms with Gasteiger partial charge in [0.2, 0.25) is 26.6 Å². The van der Waals surface area contributed by atoms with Crippen LogP contribution in [0.15, 0.2) is 62.9 Å². The first-order valence-corrected chi connectivity index (χ1v) is 10.1. The molecule has 0 bridgehead atoms. The Balaban J connectivity index is 1.80. The Labute approximate surface area is 156 Å². The number of anilines is 1. The lowest BCUT2D eigenvalue weighted by atomic mass is 10.1. The zero-order chi connectivity index (χ0) is 18.3. The maximum atomic E-state index is 13.1. The van der Waals surface area contributed by atoms with Crippen molar-refractivity contribution in [3.63, 3.8) is 0 Å². The smallest absolute Gasteiger partial charge is 0.234 e. The SMILES string of the molecule is Cc1ccc(-c2nc(S(=O)(=O)c3ccc(Cl)cc3)c(NC3CC3)o2)cc1. The van der Waals surface area contributed by atoms with E-state index < -0.39 is 9.84 Å².